The van der Waals surface area contributed by atoms with Gasteiger partial charge in [-0.2, -0.15) is 0 Å². The van der Waals surface area contributed by atoms with Crippen molar-refractivity contribution in [2.75, 3.05) is 5.32 Å². The summed E-state index contributed by atoms with van der Waals surface area (Å²) < 4.78 is 5.24. The van der Waals surface area contributed by atoms with Crippen LogP contribution in [-0.4, -0.2) is 46.6 Å². The molecule has 1 aliphatic carbocycles. The van der Waals surface area contributed by atoms with Crippen LogP contribution < -0.4 is 11.1 Å². The van der Waals surface area contributed by atoms with Crippen LogP contribution in [0.4, 0.5) is 5.00 Å². The molecule has 0 spiro atoms. The van der Waals surface area contributed by atoms with Crippen molar-refractivity contribution in [3.63, 3.8) is 0 Å². The summed E-state index contributed by atoms with van der Waals surface area (Å²) in [4.78, 5) is 63.5. The molecular weight excluding hydrogens is 446 g/mol. The van der Waals surface area contributed by atoms with Gasteiger partial charge in [-0.1, -0.05) is 19.3 Å². The number of nitrogens with one attached hydrogen (secondary N) is 1. The fraction of sp³-hybridized carbons (Fsp3) is 0.348. The number of ether oxygens (including phenoxy) is 1. The molecule has 1 atom stereocenters. The summed E-state index contributed by atoms with van der Waals surface area (Å²) >= 11 is 1.12. The summed E-state index contributed by atoms with van der Waals surface area (Å²) in [5, 5.41) is 4.39. The topological polar surface area (TPSA) is 136 Å². The molecule has 0 bridgehead atoms. The van der Waals surface area contributed by atoms with Crippen molar-refractivity contribution in [1.29, 1.82) is 0 Å². The number of carbonyl (C=O) groups excluding carboxylic acids is 5. The van der Waals surface area contributed by atoms with Crippen molar-refractivity contribution in [3.05, 3.63) is 51.9 Å². The van der Waals surface area contributed by atoms with Gasteiger partial charge in [-0.15, -0.1) is 11.3 Å². The van der Waals surface area contributed by atoms with Crippen LogP contribution in [0.1, 0.15) is 80.5 Å². The number of rotatable bonds is 6. The van der Waals surface area contributed by atoms with Crippen molar-refractivity contribution in [2.24, 2.45) is 5.73 Å². The summed E-state index contributed by atoms with van der Waals surface area (Å²) in [6.07, 6.45) is 3.44. The van der Waals surface area contributed by atoms with Gasteiger partial charge in [0, 0.05) is 6.04 Å². The Morgan fingerprint density at radius 2 is 1.79 bits per heavy atom. The molecule has 1 fully saturated rings. The van der Waals surface area contributed by atoms with E-state index in [9.17, 15) is 24.0 Å². The number of hydrogen-bond acceptors (Lipinski definition) is 7. The van der Waals surface area contributed by atoms with Crippen molar-refractivity contribution in [3.8, 4) is 0 Å². The Kier molecular flexibility index (Phi) is 6.28. The number of imide groups is 1. The number of fused-ring (bicyclic) bond motifs is 1. The summed E-state index contributed by atoms with van der Waals surface area (Å²) in [6.45, 7) is 1.39. The second kappa shape index (κ2) is 9.14. The van der Waals surface area contributed by atoms with E-state index in [2.05, 4.69) is 5.32 Å². The standard InChI is InChI=1S/C23H23N3O6S/c1-12(19(28)25-20-16(18(24)27)9-10-33-20)32-23(31)13-7-8-15-17(11-13)22(30)26(21(15)29)14-5-3-2-4-6-14/h7-12,14H,2-6H2,1H3,(H2,24,27)(H,25,28). The van der Waals surface area contributed by atoms with Crippen LogP contribution in [-0.2, 0) is 9.53 Å². The number of amides is 4. The zero-order valence-electron chi connectivity index (χ0n) is 18.0. The van der Waals surface area contributed by atoms with Gasteiger partial charge in [-0.3, -0.25) is 24.1 Å². The van der Waals surface area contributed by atoms with Crippen molar-refractivity contribution in [1.82, 2.24) is 4.90 Å². The lowest BCUT2D eigenvalue weighted by Gasteiger charge is -2.29. The Bertz CT molecular complexity index is 1150. The van der Waals surface area contributed by atoms with Gasteiger partial charge in [-0.05, 0) is 49.4 Å². The number of benzene rings is 1. The van der Waals surface area contributed by atoms with E-state index in [-0.39, 0.29) is 39.2 Å². The summed E-state index contributed by atoms with van der Waals surface area (Å²) in [6, 6.07) is 5.57. The normalized spacial score (nSPS) is 16.9. The van der Waals surface area contributed by atoms with Crippen molar-refractivity contribution in [2.45, 2.75) is 51.2 Å². The van der Waals surface area contributed by atoms with E-state index < -0.39 is 29.8 Å². The number of anilines is 1. The van der Waals surface area contributed by atoms with Gasteiger partial charge in [0.15, 0.2) is 6.10 Å². The Hall–Kier alpha value is -3.53. The number of carbonyl (C=O) groups is 5. The molecule has 1 aromatic carbocycles. The maximum absolute atomic E-state index is 12.9. The molecule has 0 radical (unpaired) electrons. The predicted molar refractivity (Wildman–Crippen MR) is 120 cm³/mol. The third-order valence-electron chi connectivity index (χ3n) is 5.91. The Balaban J connectivity index is 1.45. The fourth-order valence-corrected chi connectivity index (χ4v) is 4.95. The molecule has 0 saturated heterocycles. The van der Waals surface area contributed by atoms with Crippen LogP contribution in [0.25, 0.3) is 0 Å². The second-order valence-electron chi connectivity index (χ2n) is 8.10. The molecule has 4 amide bonds. The quantitative estimate of drug-likeness (QED) is 0.493. The number of hydrogen-bond donors (Lipinski definition) is 2. The Morgan fingerprint density at radius 3 is 2.48 bits per heavy atom. The van der Waals surface area contributed by atoms with Gasteiger partial charge >= 0.3 is 5.97 Å². The first kappa shape index (κ1) is 22.7. The average Bonchev–Trinajstić information content (AvgIpc) is 3.36. The van der Waals surface area contributed by atoms with E-state index >= 15 is 0 Å². The van der Waals surface area contributed by atoms with E-state index in [1.807, 2.05) is 0 Å². The van der Waals surface area contributed by atoms with E-state index in [0.717, 1.165) is 43.4 Å². The lowest BCUT2D eigenvalue weighted by Crippen LogP contribution is -2.40. The van der Waals surface area contributed by atoms with Crippen LogP contribution in [0.15, 0.2) is 29.6 Å². The number of primary amides is 1. The molecule has 10 heteroatoms. The Morgan fingerprint density at radius 1 is 1.09 bits per heavy atom. The zero-order valence-corrected chi connectivity index (χ0v) is 18.8. The van der Waals surface area contributed by atoms with Crippen LogP contribution >= 0.6 is 11.3 Å². The highest BCUT2D eigenvalue weighted by Crippen LogP contribution is 2.31. The van der Waals surface area contributed by atoms with Gasteiger partial charge < -0.3 is 15.8 Å². The minimum Gasteiger partial charge on any atom is -0.449 e. The van der Waals surface area contributed by atoms with Crippen molar-refractivity contribution >= 4 is 45.9 Å². The molecule has 1 aromatic heterocycles. The lowest BCUT2D eigenvalue weighted by atomic mass is 9.94. The number of thiophene rings is 1. The molecule has 9 nitrogen and oxygen atoms in total. The van der Waals surface area contributed by atoms with Crippen LogP contribution in [0.3, 0.4) is 0 Å². The molecule has 172 valence electrons. The molecular formula is C23H23N3O6S. The van der Waals surface area contributed by atoms with Crippen molar-refractivity contribution < 1.29 is 28.7 Å². The number of nitrogens with zero attached hydrogens (tertiary/aromatic N) is 1. The lowest BCUT2D eigenvalue weighted by molar-refractivity contribution is -0.123. The van der Waals surface area contributed by atoms with Crippen LogP contribution in [0.2, 0.25) is 0 Å². The first-order valence-corrected chi connectivity index (χ1v) is 11.6. The van der Waals surface area contributed by atoms with Gasteiger partial charge in [0.25, 0.3) is 23.6 Å². The third-order valence-corrected chi connectivity index (χ3v) is 6.74. The molecule has 3 N–H and O–H groups in total. The number of nitrogens with two attached hydrogens (primary N) is 1. The fourth-order valence-electron chi connectivity index (χ4n) is 4.15. The molecule has 1 aliphatic heterocycles. The van der Waals surface area contributed by atoms with E-state index in [1.165, 1.54) is 36.1 Å². The Labute approximate surface area is 193 Å². The summed E-state index contributed by atoms with van der Waals surface area (Å²) in [5.41, 5.74) is 5.93. The van der Waals surface area contributed by atoms with Gasteiger partial charge in [0.05, 0.1) is 22.3 Å². The van der Waals surface area contributed by atoms with Gasteiger partial charge in [0.1, 0.15) is 5.00 Å². The average molecular weight is 470 g/mol. The molecule has 33 heavy (non-hydrogen) atoms. The highest BCUT2D eigenvalue weighted by atomic mass is 32.1. The summed E-state index contributed by atoms with van der Waals surface area (Å²) in [7, 11) is 0. The highest BCUT2D eigenvalue weighted by molar-refractivity contribution is 7.14. The van der Waals surface area contributed by atoms with Crippen LogP contribution in [0, 0.1) is 0 Å². The molecule has 2 heterocycles. The number of esters is 1. The third kappa shape index (κ3) is 4.38. The first-order chi connectivity index (χ1) is 15.8. The summed E-state index contributed by atoms with van der Waals surface area (Å²) in [5.74, 6) is -2.87. The van der Waals surface area contributed by atoms with Gasteiger partial charge in [-0.25, -0.2) is 4.79 Å². The van der Waals surface area contributed by atoms with E-state index in [1.54, 1.807) is 5.38 Å². The molecule has 2 aliphatic rings. The highest BCUT2D eigenvalue weighted by Gasteiger charge is 2.40. The molecule has 2 aromatic rings. The zero-order chi connectivity index (χ0) is 23.7. The van der Waals surface area contributed by atoms with E-state index in [0.29, 0.717) is 0 Å². The smallest absolute Gasteiger partial charge is 0.338 e. The van der Waals surface area contributed by atoms with Crippen LogP contribution in [0.5, 0.6) is 0 Å². The first-order valence-electron chi connectivity index (χ1n) is 10.7. The predicted octanol–water partition coefficient (Wildman–Crippen LogP) is 2.96. The monoisotopic (exact) mass is 469 g/mol. The minimum absolute atomic E-state index is 0.0639. The molecule has 1 unspecified atom stereocenters. The molecule has 4 rings (SSSR count). The van der Waals surface area contributed by atoms with Gasteiger partial charge in [0.2, 0.25) is 0 Å². The molecule has 1 saturated carbocycles. The SMILES string of the molecule is CC(OC(=O)c1ccc2c(c1)C(=O)N(C1CCCCC1)C2=O)C(=O)Nc1sccc1C(N)=O. The maximum atomic E-state index is 12.9. The largest absolute Gasteiger partial charge is 0.449 e. The minimum atomic E-state index is -1.18. The maximum Gasteiger partial charge on any atom is 0.338 e. The second-order valence-corrected chi connectivity index (χ2v) is 9.01. The van der Waals surface area contributed by atoms with E-state index in [4.69, 9.17) is 10.5 Å².